The van der Waals surface area contributed by atoms with Crippen LogP contribution in [0.3, 0.4) is 0 Å². The second kappa shape index (κ2) is 8.14. The molecule has 1 N–H and O–H groups in total. The van der Waals surface area contributed by atoms with E-state index in [0.29, 0.717) is 12.0 Å². The highest BCUT2D eigenvalue weighted by atomic mass is 32.1. The molecule has 2 unspecified atom stereocenters. The van der Waals surface area contributed by atoms with E-state index in [9.17, 15) is 0 Å². The van der Waals surface area contributed by atoms with Crippen LogP contribution in [-0.2, 0) is 6.54 Å². The van der Waals surface area contributed by atoms with Crippen molar-refractivity contribution in [3.8, 4) is 0 Å². The highest BCUT2D eigenvalue weighted by molar-refractivity contribution is 7.15. The Bertz CT molecular complexity index is 430. The van der Waals surface area contributed by atoms with Crippen LogP contribution in [0.25, 0.3) is 0 Å². The first-order valence-electron chi connectivity index (χ1n) is 8.64. The van der Waals surface area contributed by atoms with Crippen molar-refractivity contribution in [2.45, 2.75) is 78.3 Å². The smallest absolute Gasteiger partial charge is 0.186 e. The van der Waals surface area contributed by atoms with Crippen LogP contribution < -0.4 is 10.2 Å². The first kappa shape index (κ1) is 16.8. The summed E-state index contributed by atoms with van der Waals surface area (Å²) >= 11 is 1.92. The van der Waals surface area contributed by atoms with Crippen molar-refractivity contribution in [3.05, 3.63) is 10.6 Å². The Labute approximate surface area is 134 Å². The van der Waals surface area contributed by atoms with Crippen LogP contribution in [0.1, 0.15) is 76.3 Å². The fourth-order valence-electron chi connectivity index (χ4n) is 2.94. The summed E-state index contributed by atoms with van der Waals surface area (Å²) in [5.41, 5.74) is 1.33. The third kappa shape index (κ3) is 4.19. The van der Waals surface area contributed by atoms with Gasteiger partial charge in [-0.25, -0.2) is 4.98 Å². The van der Waals surface area contributed by atoms with Gasteiger partial charge in [0.15, 0.2) is 5.13 Å². The zero-order valence-electron chi connectivity index (χ0n) is 14.1. The molecule has 1 aromatic heterocycles. The first-order chi connectivity index (χ1) is 10.2. The first-order valence-corrected chi connectivity index (χ1v) is 9.45. The zero-order valence-corrected chi connectivity index (χ0v) is 14.9. The highest BCUT2D eigenvalue weighted by Gasteiger charge is 2.24. The van der Waals surface area contributed by atoms with Crippen LogP contribution >= 0.6 is 11.3 Å². The summed E-state index contributed by atoms with van der Waals surface area (Å²) in [6.45, 7) is 12.4. The van der Waals surface area contributed by atoms with E-state index in [-0.39, 0.29) is 0 Å². The Hall–Kier alpha value is -0.610. The SMILES string of the molecule is CCCNCc1sc(N2CCCCC2C)nc1C(C)CC. The number of nitrogens with zero attached hydrogens (tertiary/aromatic N) is 2. The van der Waals surface area contributed by atoms with Crippen LogP contribution in [0.4, 0.5) is 5.13 Å². The molecule has 1 saturated heterocycles. The lowest BCUT2D eigenvalue weighted by atomic mass is 10.0. The number of thiazole rings is 1. The minimum Gasteiger partial charge on any atom is -0.345 e. The van der Waals surface area contributed by atoms with Crippen LogP contribution in [0, 0.1) is 0 Å². The maximum absolute atomic E-state index is 5.04. The largest absolute Gasteiger partial charge is 0.345 e. The molecule has 0 aromatic carbocycles. The lowest BCUT2D eigenvalue weighted by Crippen LogP contribution is -2.37. The van der Waals surface area contributed by atoms with Crippen LogP contribution in [-0.4, -0.2) is 24.1 Å². The molecular weight excluding hydrogens is 278 g/mol. The van der Waals surface area contributed by atoms with Crippen LogP contribution in [0.15, 0.2) is 0 Å². The molecule has 4 heteroatoms. The second-order valence-corrected chi connectivity index (χ2v) is 7.39. The molecule has 21 heavy (non-hydrogen) atoms. The minimum absolute atomic E-state index is 0.563. The molecule has 1 fully saturated rings. The Balaban J connectivity index is 2.17. The number of hydrogen-bond donors (Lipinski definition) is 1. The van der Waals surface area contributed by atoms with E-state index >= 15 is 0 Å². The summed E-state index contributed by atoms with van der Waals surface area (Å²) in [6, 6.07) is 0.645. The van der Waals surface area contributed by atoms with Gasteiger partial charge in [0.2, 0.25) is 0 Å². The number of hydrogen-bond acceptors (Lipinski definition) is 4. The van der Waals surface area contributed by atoms with E-state index in [1.165, 1.54) is 54.4 Å². The topological polar surface area (TPSA) is 28.2 Å². The molecule has 0 amide bonds. The Kier molecular flexibility index (Phi) is 6.49. The van der Waals surface area contributed by atoms with Gasteiger partial charge in [-0.2, -0.15) is 0 Å². The van der Waals surface area contributed by atoms with E-state index in [4.69, 9.17) is 4.98 Å². The molecule has 2 heterocycles. The van der Waals surface area contributed by atoms with Crippen molar-refractivity contribution in [2.75, 3.05) is 18.0 Å². The highest BCUT2D eigenvalue weighted by Crippen LogP contribution is 2.34. The van der Waals surface area contributed by atoms with Gasteiger partial charge in [0.1, 0.15) is 0 Å². The Morgan fingerprint density at radius 1 is 1.38 bits per heavy atom. The third-order valence-electron chi connectivity index (χ3n) is 4.56. The normalized spacial score (nSPS) is 20.8. The third-order valence-corrected chi connectivity index (χ3v) is 5.66. The molecule has 0 radical (unpaired) electrons. The molecule has 1 aliphatic heterocycles. The molecule has 0 spiro atoms. The number of anilines is 1. The monoisotopic (exact) mass is 309 g/mol. The maximum atomic E-state index is 5.04. The molecule has 120 valence electrons. The lowest BCUT2D eigenvalue weighted by molar-refractivity contribution is 0.483. The predicted octanol–water partition coefficient (Wildman–Crippen LogP) is 4.54. The van der Waals surface area contributed by atoms with Crippen molar-refractivity contribution in [1.82, 2.24) is 10.3 Å². The predicted molar refractivity (Wildman–Crippen MR) is 93.5 cm³/mol. The number of nitrogens with one attached hydrogen (secondary N) is 1. The van der Waals surface area contributed by atoms with E-state index in [1.54, 1.807) is 0 Å². The van der Waals surface area contributed by atoms with Gasteiger partial charge in [0.05, 0.1) is 5.69 Å². The molecule has 0 bridgehead atoms. The summed E-state index contributed by atoms with van der Waals surface area (Å²) in [4.78, 5) is 9.02. The number of aromatic nitrogens is 1. The molecule has 1 aromatic rings. The fourth-order valence-corrected chi connectivity index (χ4v) is 4.22. The van der Waals surface area contributed by atoms with E-state index in [2.05, 4.69) is 37.9 Å². The average Bonchev–Trinajstić information content (AvgIpc) is 2.91. The van der Waals surface area contributed by atoms with Gasteiger partial charge in [-0.3, -0.25) is 0 Å². The zero-order chi connectivity index (χ0) is 15.2. The van der Waals surface area contributed by atoms with Gasteiger partial charge >= 0.3 is 0 Å². The second-order valence-electron chi connectivity index (χ2n) is 6.33. The van der Waals surface area contributed by atoms with Gasteiger partial charge in [-0.15, -0.1) is 11.3 Å². The van der Waals surface area contributed by atoms with E-state index in [1.807, 2.05) is 11.3 Å². The van der Waals surface area contributed by atoms with Crippen LogP contribution in [0.2, 0.25) is 0 Å². The molecule has 3 nitrogen and oxygen atoms in total. The molecule has 0 aliphatic carbocycles. The van der Waals surface area contributed by atoms with Crippen molar-refractivity contribution >= 4 is 16.5 Å². The summed E-state index contributed by atoms with van der Waals surface area (Å²) in [5.74, 6) is 0.563. The standard InChI is InChI=1S/C17H31N3S/c1-5-10-18-12-15-16(13(3)6-2)19-17(21-15)20-11-8-7-9-14(20)4/h13-14,18H,5-12H2,1-4H3. The fraction of sp³-hybridized carbons (Fsp3) is 0.824. The Morgan fingerprint density at radius 2 is 2.19 bits per heavy atom. The van der Waals surface area contributed by atoms with E-state index < -0.39 is 0 Å². The van der Waals surface area contributed by atoms with Gasteiger partial charge in [-0.1, -0.05) is 20.8 Å². The Morgan fingerprint density at radius 3 is 2.86 bits per heavy atom. The summed E-state index contributed by atoms with van der Waals surface area (Å²) in [7, 11) is 0. The minimum atomic E-state index is 0.563. The molecule has 2 atom stereocenters. The average molecular weight is 310 g/mol. The van der Waals surface area contributed by atoms with Gasteiger partial charge in [0, 0.05) is 24.0 Å². The number of piperidine rings is 1. The van der Waals surface area contributed by atoms with Crippen molar-refractivity contribution < 1.29 is 0 Å². The quantitative estimate of drug-likeness (QED) is 0.750. The van der Waals surface area contributed by atoms with Gasteiger partial charge < -0.3 is 10.2 Å². The lowest BCUT2D eigenvalue weighted by Gasteiger charge is -2.33. The number of rotatable bonds is 7. The van der Waals surface area contributed by atoms with E-state index in [0.717, 1.165) is 13.1 Å². The van der Waals surface area contributed by atoms with Crippen LogP contribution in [0.5, 0.6) is 0 Å². The maximum Gasteiger partial charge on any atom is 0.186 e. The summed E-state index contributed by atoms with van der Waals surface area (Å²) < 4.78 is 0. The van der Waals surface area contributed by atoms with Crippen molar-refractivity contribution in [3.63, 3.8) is 0 Å². The van der Waals surface area contributed by atoms with Gasteiger partial charge in [-0.05, 0) is 51.5 Å². The molecular formula is C17H31N3S. The molecule has 1 aliphatic rings. The summed E-state index contributed by atoms with van der Waals surface area (Å²) in [6.07, 6.45) is 6.34. The molecule has 0 saturated carbocycles. The molecule has 2 rings (SSSR count). The summed E-state index contributed by atoms with van der Waals surface area (Å²) in [5, 5.41) is 4.81. The van der Waals surface area contributed by atoms with Gasteiger partial charge in [0.25, 0.3) is 0 Å². The van der Waals surface area contributed by atoms with Crippen molar-refractivity contribution in [1.29, 1.82) is 0 Å². The van der Waals surface area contributed by atoms with Crippen molar-refractivity contribution in [2.24, 2.45) is 0 Å².